The summed E-state index contributed by atoms with van der Waals surface area (Å²) in [6.07, 6.45) is 6.11. The lowest BCUT2D eigenvalue weighted by molar-refractivity contribution is 0.208. The average molecular weight is 202 g/mol. The van der Waals surface area contributed by atoms with Crippen LogP contribution in [0.1, 0.15) is 30.4 Å². The number of aliphatic hydroxyl groups is 1. The molecule has 1 atom stereocenters. The maximum absolute atomic E-state index is 10.1. The Balaban J connectivity index is 2.05. The molecule has 0 bridgehead atoms. The van der Waals surface area contributed by atoms with Crippen molar-refractivity contribution in [3.63, 3.8) is 0 Å². The van der Waals surface area contributed by atoms with Crippen LogP contribution in [0.15, 0.2) is 35.9 Å². The summed E-state index contributed by atoms with van der Waals surface area (Å²) in [5, 5.41) is 10.1. The number of aliphatic hydroxyl groups excluding tert-OH is 1. The van der Waals surface area contributed by atoms with Gasteiger partial charge in [-0.25, -0.2) is 0 Å². The zero-order chi connectivity index (χ0) is 10.7. The smallest absolute Gasteiger partial charge is 0.0790 e. The van der Waals surface area contributed by atoms with Gasteiger partial charge in [-0.2, -0.15) is 0 Å². The van der Waals surface area contributed by atoms with Crippen LogP contribution in [0.25, 0.3) is 0 Å². The Bertz CT molecular complexity index is 365. The SMILES string of the molecule is Cc1ccccc1CC(O)C1=CCCC1. The molecule has 0 aromatic heterocycles. The first kappa shape index (κ1) is 10.4. The first-order valence-corrected chi connectivity index (χ1v) is 5.69. The molecule has 1 N–H and O–H groups in total. The molecule has 1 aliphatic carbocycles. The van der Waals surface area contributed by atoms with Gasteiger partial charge < -0.3 is 5.11 Å². The summed E-state index contributed by atoms with van der Waals surface area (Å²) in [7, 11) is 0. The van der Waals surface area contributed by atoms with Gasteiger partial charge in [0, 0.05) is 6.42 Å². The second-order valence-corrected chi connectivity index (χ2v) is 4.32. The Kier molecular flexibility index (Phi) is 3.22. The van der Waals surface area contributed by atoms with Gasteiger partial charge in [0.25, 0.3) is 0 Å². The molecule has 1 heteroatoms. The monoisotopic (exact) mass is 202 g/mol. The van der Waals surface area contributed by atoms with Gasteiger partial charge in [-0.1, -0.05) is 30.3 Å². The standard InChI is InChI=1S/C14H18O/c1-11-6-2-3-9-13(11)10-14(15)12-7-4-5-8-12/h2-3,6-7,9,14-15H,4-5,8,10H2,1H3. The fourth-order valence-electron chi connectivity index (χ4n) is 2.18. The maximum atomic E-state index is 10.1. The Morgan fingerprint density at radius 3 is 2.80 bits per heavy atom. The van der Waals surface area contributed by atoms with Crippen molar-refractivity contribution in [2.24, 2.45) is 0 Å². The predicted molar refractivity (Wildman–Crippen MR) is 62.8 cm³/mol. The molecule has 0 saturated heterocycles. The number of rotatable bonds is 3. The topological polar surface area (TPSA) is 20.2 Å². The van der Waals surface area contributed by atoms with Crippen LogP contribution in [-0.2, 0) is 6.42 Å². The summed E-state index contributed by atoms with van der Waals surface area (Å²) in [5.41, 5.74) is 3.77. The van der Waals surface area contributed by atoms with Gasteiger partial charge in [0.05, 0.1) is 6.10 Å². The number of hydrogen-bond donors (Lipinski definition) is 1. The number of benzene rings is 1. The highest BCUT2D eigenvalue weighted by molar-refractivity contribution is 5.28. The van der Waals surface area contributed by atoms with Crippen molar-refractivity contribution in [3.05, 3.63) is 47.0 Å². The van der Waals surface area contributed by atoms with Crippen molar-refractivity contribution in [2.75, 3.05) is 0 Å². The van der Waals surface area contributed by atoms with Crippen molar-refractivity contribution in [1.29, 1.82) is 0 Å². The zero-order valence-corrected chi connectivity index (χ0v) is 9.24. The molecule has 1 aliphatic rings. The van der Waals surface area contributed by atoms with Gasteiger partial charge in [0.2, 0.25) is 0 Å². The maximum Gasteiger partial charge on any atom is 0.0790 e. The summed E-state index contributed by atoms with van der Waals surface area (Å²) < 4.78 is 0. The summed E-state index contributed by atoms with van der Waals surface area (Å²) in [5.74, 6) is 0. The molecular formula is C14H18O. The molecule has 1 aromatic carbocycles. The van der Waals surface area contributed by atoms with Gasteiger partial charge in [-0.05, 0) is 42.9 Å². The normalized spacial score (nSPS) is 17.6. The fourth-order valence-corrected chi connectivity index (χ4v) is 2.18. The third kappa shape index (κ3) is 2.48. The third-order valence-corrected chi connectivity index (χ3v) is 3.18. The molecule has 1 unspecified atom stereocenters. The van der Waals surface area contributed by atoms with Crippen molar-refractivity contribution in [2.45, 2.75) is 38.7 Å². The van der Waals surface area contributed by atoms with Crippen LogP contribution in [0.4, 0.5) is 0 Å². The molecule has 0 fully saturated rings. The van der Waals surface area contributed by atoms with E-state index in [1.165, 1.54) is 23.1 Å². The average Bonchev–Trinajstić information content (AvgIpc) is 2.74. The highest BCUT2D eigenvalue weighted by Gasteiger charge is 2.15. The minimum Gasteiger partial charge on any atom is -0.388 e. The van der Waals surface area contributed by atoms with E-state index in [1.807, 2.05) is 12.1 Å². The van der Waals surface area contributed by atoms with Crippen LogP contribution in [0.5, 0.6) is 0 Å². The molecule has 1 aromatic rings. The molecule has 0 heterocycles. The molecule has 1 nitrogen and oxygen atoms in total. The molecular weight excluding hydrogens is 184 g/mol. The van der Waals surface area contributed by atoms with E-state index in [9.17, 15) is 5.11 Å². The highest BCUT2D eigenvalue weighted by Crippen LogP contribution is 2.23. The predicted octanol–water partition coefficient (Wildman–Crippen LogP) is 3.01. The lowest BCUT2D eigenvalue weighted by atomic mass is 9.98. The number of allylic oxidation sites excluding steroid dienone is 1. The van der Waals surface area contributed by atoms with Crippen LogP contribution < -0.4 is 0 Å². The van der Waals surface area contributed by atoms with Crippen LogP contribution in [0.2, 0.25) is 0 Å². The van der Waals surface area contributed by atoms with E-state index < -0.39 is 0 Å². The number of aryl methyl sites for hydroxylation is 1. The van der Waals surface area contributed by atoms with Crippen molar-refractivity contribution in [1.82, 2.24) is 0 Å². The second-order valence-electron chi connectivity index (χ2n) is 4.32. The van der Waals surface area contributed by atoms with Crippen molar-refractivity contribution in [3.8, 4) is 0 Å². The Morgan fingerprint density at radius 1 is 1.33 bits per heavy atom. The second kappa shape index (κ2) is 4.63. The molecule has 0 saturated carbocycles. The van der Waals surface area contributed by atoms with Gasteiger partial charge in [-0.15, -0.1) is 0 Å². The highest BCUT2D eigenvalue weighted by atomic mass is 16.3. The summed E-state index contributed by atoms with van der Waals surface area (Å²) in [4.78, 5) is 0. The van der Waals surface area contributed by atoms with E-state index in [2.05, 4.69) is 25.1 Å². The minimum absolute atomic E-state index is 0.270. The van der Waals surface area contributed by atoms with E-state index in [0.717, 1.165) is 19.3 Å². The van der Waals surface area contributed by atoms with Crippen LogP contribution in [-0.4, -0.2) is 11.2 Å². The van der Waals surface area contributed by atoms with E-state index in [0.29, 0.717) is 0 Å². The van der Waals surface area contributed by atoms with Crippen molar-refractivity contribution >= 4 is 0 Å². The summed E-state index contributed by atoms with van der Waals surface area (Å²) in [6.45, 7) is 2.10. The Labute approximate surface area is 91.4 Å². The lowest BCUT2D eigenvalue weighted by Crippen LogP contribution is -2.13. The summed E-state index contributed by atoms with van der Waals surface area (Å²) >= 11 is 0. The van der Waals surface area contributed by atoms with Crippen LogP contribution >= 0.6 is 0 Å². The third-order valence-electron chi connectivity index (χ3n) is 3.18. The number of hydrogen-bond acceptors (Lipinski definition) is 1. The summed E-state index contributed by atoms with van der Waals surface area (Å²) in [6, 6.07) is 8.29. The first-order chi connectivity index (χ1) is 7.27. The van der Waals surface area contributed by atoms with Gasteiger partial charge in [0.1, 0.15) is 0 Å². The quantitative estimate of drug-likeness (QED) is 0.747. The van der Waals surface area contributed by atoms with Crippen molar-refractivity contribution < 1.29 is 5.11 Å². The van der Waals surface area contributed by atoms with Gasteiger partial charge in [0.15, 0.2) is 0 Å². The molecule has 0 amide bonds. The minimum atomic E-state index is -0.270. The first-order valence-electron chi connectivity index (χ1n) is 5.69. The van der Waals surface area contributed by atoms with Crippen LogP contribution in [0, 0.1) is 6.92 Å². The molecule has 0 spiro atoms. The lowest BCUT2D eigenvalue weighted by Gasteiger charge is -2.13. The Hall–Kier alpha value is -1.08. The molecule has 2 rings (SSSR count). The van der Waals surface area contributed by atoms with Crippen LogP contribution in [0.3, 0.4) is 0 Å². The van der Waals surface area contributed by atoms with Gasteiger partial charge in [-0.3, -0.25) is 0 Å². The molecule has 80 valence electrons. The Morgan fingerprint density at radius 2 is 2.13 bits per heavy atom. The largest absolute Gasteiger partial charge is 0.388 e. The zero-order valence-electron chi connectivity index (χ0n) is 9.24. The fraction of sp³-hybridized carbons (Fsp3) is 0.429. The van der Waals surface area contributed by atoms with E-state index in [-0.39, 0.29) is 6.10 Å². The molecule has 0 aliphatic heterocycles. The van der Waals surface area contributed by atoms with E-state index >= 15 is 0 Å². The van der Waals surface area contributed by atoms with Gasteiger partial charge >= 0.3 is 0 Å². The van der Waals surface area contributed by atoms with E-state index in [4.69, 9.17) is 0 Å². The molecule has 0 radical (unpaired) electrons. The van der Waals surface area contributed by atoms with E-state index in [1.54, 1.807) is 0 Å². The molecule has 15 heavy (non-hydrogen) atoms.